The lowest BCUT2D eigenvalue weighted by atomic mass is 9.85. The van der Waals surface area contributed by atoms with E-state index in [0.717, 1.165) is 14.2 Å². The van der Waals surface area contributed by atoms with Crippen molar-refractivity contribution in [3.8, 4) is 0 Å². The van der Waals surface area contributed by atoms with Gasteiger partial charge in [-0.05, 0) is 45.8 Å². The van der Waals surface area contributed by atoms with E-state index in [0.29, 0.717) is 5.13 Å². The van der Waals surface area contributed by atoms with Crippen molar-refractivity contribution in [3.63, 3.8) is 0 Å². The highest BCUT2D eigenvalue weighted by Gasteiger charge is 2.29. The van der Waals surface area contributed by atoms with Gasteiger partial charge >= 0.3 is 0 Å². The molecule has 0 saturated heterocycles. The van der Waals surface area contributed by atoms with Gasteiger partial charge in [-0.15, -0.1) is 21.5 Å². The van der Waals surface area contributed by atoms with Gasteiger partial charge < -0.3 is 5.32 Å². The summed E-state index contributed by atoms with van der Waals surface area (Å²) in [6, 6.07) is 10.3. The fraction of sp³-hybridized carbons (Fsp3) is 0.188. The second-order valence-electron chi connectivity index (χ2n) is 5.20. The molecule has 0 fully saturated rings. The van der Waals surface area contributed by atoms with Gasteiger partial charge in [-0.3, -0.25) is 4.79 Å². The third-order valence-electron chi connectivity index (χ3n) is 3.61. The number of anilines is 1. The van der Waals surface area contributed by atoms with Crippen LogP contribution >= 0.6 is 38.6 Å². The highest BCUT2D eigenvalue weighted by molar-refractivity contribution is 9.11. The molecule has 3 rings (SSSR count). The number of benzene rings is 1. The normalized spacial score (nSPS) is 13.5. The van der Waals surface area contributed by atoms with Crippen LogP contribution in [0.2, 0.25) is 0 Å². The van der Waals surface area contributed by atoms with Crippen LogP contribution in [-0.2, 0) is 4.79 Å². The third kappa shape index (κ3) is 3.88. The smallest absolute Gasteiger partial charge is 0.230 e. The number of halogens is 2. The number of hydrogen-bond donors (Lipinski definition) is 1. The number of nitrogens with zero attached hydrogens (tertiary/aromatic N) is 2. The van der Waals surface area contributed by atoms with Crippen LogP contribution in [0.4, 0.5) is 9.52 Å². The summed E-state index contributed by atoms with van der Waals surface area (Å²) in [7, 11) is 0. The van der Waals surface area contributed by atoms with Crippen molar-refractivity contribution in [1.29, 1.82) is 0 Å². The maximum atomic E-state index is 13.7. The molecule has 0 bridgehead atoms. The first kappa shape index (κ1) is 17.2. The number of nitrogens with one attached hydrogen (secondary N) is 1. The van der Waals surface area contributed by atoms with Gasteiger partial charge in [0.1, 0.15) is 11.3 Å². The molecule has 0 unspecified atom stereocenters. The van der Waals surface area contributed by atoms with Gasteiger partial charge in [-0.25, -0.2) is 4.39 Å². The Morgan fingerprint density at radius 2 is 2.17 bits per heavy atom. The van der Waals surface area contributed by atoms with E-state index >= 15 is 0 Å². The van der Waals surface area contributed by atoms with Gasteiger partial charge in [0.15, 0.2) is 0 Å². The molecule has 2 aromatic heterocycles. The number of carbonyl (C=O) groups excluding carboxylic acids is 1. The second kappa shape index (κ2) is 7.50. The van der Waals surface area contributed by atoms with Crippen molar-refractivity contribution in [3.05, 3.63) is 62.0 Å². The molecule has 0 aliphatic carbocycles. The van der Waals surface area contributed by atoms with E-state index in [1.807, 2.05) is 25.1 Å². The molecule has 1 amide bonds. The molecule has 124 valence electrons. The highest BCUT2D eigenvalue weighted by atomic mass is 79.9. The summed E-state index contributed by atoms with van der Waals surface area (Å²) in [5.74, 6) is -1.14. The lowest BCUT2D eigenvalue weighted by Gasteiger charge is -2.22. The maximum Gasteiger partial charge on any atom is 0.230 e. The van der Waals surface area contributed by atoms with Crippen molar-refractivity contribution in [2.24, 2.45) is 5.92 Å². The summed E-state index contributed by atoms with van der Waals surface area (Å²) in [6.07, 6.45) is 0. The van der Waals surface area contributed by atoms with Crippen molar-refractivity contribution >= 4 is 49.6 Å². The van der Waals surface area contributed by atoms with Crippen molar-refractivity contribution < 1.29 is 9.18 Å². The van der Waals surface area contributed by atoms with Gasteiger partial charge in [-0.2, -0.15) is 0 Å². The zero-order valence-corrected chi connectivity index (χ0v) is 15.8. The molecule has 24 heavy (non-hydrogen) atoms. The lowest BCUT2D eigenvalue weighted by Crippen LogP contribution is -2.26. The standard InChI is InChI=1S/C16H13BrFN3OS2/c1-9(15(22)20-16-21-19-8-23-16)14(12-5-6-13(17)24-12)10-3-2-4-11(18)7-10/h2-9,14H,1H3,(H,20,21,22)/t9-,14-/m1/s1. The van der Waals surface area contributed by atoms with E-state index in [1.54, 1.807) is 11.6 Å². The van der Waals surface area contributed by atoms with Gasteiger partial charge in [0.25, 0.3) is 0 Å². The minimum absolute atomic E-state index is 0.175. The molecule has 0 aliphatic heterocycles. The predicted octanol–water partition coefficient (Wildman–Crippen LogP) is 4.91. The van der Waals surface area contributed by atoms with Gasteiger partial charge in [-0.1, -0.05) is 30.4 Å². The van der Waals surface area contributed by atoms with Crippen molar-refractivity contribution in [1.82, 2.24) is 10.2 Å². The van der Waals surface area contributed by atoms with Crippen LogP contribution in [0.5, 0.6) is 0 Å². The number of rotatable bonds is 5. The molecule has 2 heterocycles. The predicted molar refractivity (Wildman–Crippen MR) is 98.0 cm³/mol. The molecule has 0 radical (unpaired) electrons. The first-order valence-corrected chi connectivity index (χ1v) is 9.61. The van der Waals surface area contributed by atoms with Crippen molar-refractivity contribution in [2.75, 3.05) is 5.32 Å². The fourth-order valence-corrected chi connectivity index (χ4v) is 4.60. The molecule has 1 N–H and O–H groups in total. The maximum absolute atomic E-state index is 13.7. The Morgan fingerprint density at radius 3 is 2.79 bits per heavy atom. The average Bonchev–Trinajstić information content (AvgIpc) is 3.19. The highest BCUT2D eigenvalue weighted by Crippen LogP contribution is 2.38. The van der Waals surface area contributed by atoms with E-state index in [1.165, 1.54) is 34.8 Å². The first-order chi connectivity index (χ1) is 11.5. The van der Waals surface area contributed by atoms with E-state index in [9.17, 15) is 9.18 Å². The number of thiophene rings is 1. The van der Waals surface area contributed by atoms with Gasteiger partial charge in [0.05, 0.1) is 3.79 Å². The third-order valence-corrected chi connectivity index (χ3v) is 5.93. The van der Waals surface area contributed by atoms with E-state index in [4.69, 9.17) is 0 Å². The molecule has 2 atom stereocenters. The van der Waals surface area contributed by atoms with Gasteiger partial charge in [0, 0.05) is 16.7 Å². The molecule has 0 aliphatic rings. The van der Waals surface area contributed by atoms with Crippen LogP contribution in [0.25, 0.3) is 0 Å². The molecular formula is C16H13BrFN3OS2. The van der Waals surface area contributed by atoms with Crippen LogP contribution in [0, 0.1) is 11.7 Å². The summed E-state index contributed by atoms with van der Waals surface area (Å²) in [4.78, 5) is 13.6. The summed E-state index contributed by atoms with van der Waals surface area (Å²) in [6.45, 7) is 1.83. The lowest BCUT2D eigenvalue weighted by molar-refractivity contribution is -0.119. The summed E-state index contributed by atoms with van der Waals surface area (Å²) < 4.78 is 14.7. The van der Waals surface area contributed by atoms with Crippen molar-refractivity contribution in [2.45, 2.75) is 12.8 Å². The zero-order valence-electron chi connectivity index (χ0n) is 12.6. The van der Waals surface area contributed by atoms with Crippen LogP contribution in [-0.4, -0.2) is 16.1 Å². The number of carbonyl (C=O) groups is 1. The Kier molecular flexibility index (Phi) is 5.37. The SMILES string of the molecule is C[C@@H](C(=O)Nc1nncs1)[C@H](c1cccc(F)c1)c1ccc(Br)s1. The Labute approximate surface area is 154 Å². The Bertz CT molecular complexity index is 837. The molecule has 0 saturated carbocycles. The number of aromatic nitrogens is 2. The quantitative estimate of drug-likeness (QED) is 0.631. The second-order valence-corrected chi connectivity index (χ2v) is 8.52. The zero-order chi connectivity index (χ0) is 17.1. The topological polar surface area (TPSA) is 54.9 Å². The van der Waals surface area contributed by atoms with Crippen LogP contribution in [0.1, 0.15) is 23.3 Å². The van der Waals surface area contributed by atoms with E-state index in [2.05, 4.69) is 31.4 Å². The molecule has 8 heteroatoms. The van der Waals surface area contributed by atoms with Crippen LogP contribution in [0.3, 0.4) is 0 Å². The largest absolute Gasteiger partial charge is 0.300 e. The monoisotopic (exact) mass is 425 g/mol. The van der Waals surface area contributed by atoms with E-state index in [-0.39, 0.29) is 17.6 Å². The molecule has 4 nitrogen and oxygen atoms in total. The molecular weight excluding hydrogens is 413 g/mol. The molecule has 0 spiro atoms. The van der Waals surface area contributed by atoms with E-state index < -0.39 is 5.92 Å². The molecule has 1 aromatic carbocycles. The fourth-order valence-electron chi connectivity index (χ4n) is 2.49. The minimum Gasteiger partial charge on any atom is -0.300 e. The molecule has 3 aromatic rings. The van der Waals surface area contributed by atoms with Crippen LogP contribution < -0.4 is 5.32 Å². The van der Waals surface area contributed by atoms with Gasteiger partial charge in [0.2, 0.25) is 11.0 Å². The summed E-state index contributed by atoms with van der Waals surface area (Å²) >= 11 is 6.25. The first-order valence-electron chi connectivity index (χ1n) is 7.12. The average molecular weight is 426 g/mol. The number of amides is 1. The summed E-state index contributed by atoms with van der Waals surface area (Å²) in [5.41, 5.74) is 2.32. The number of hydrogen-bond acceptors (Lipinski definition) is 5. The Balaban J connectivity index is 1.93. The Hall–Kier alpha value is -1.64. The van der Waals surface area contributed by atoms with Crippen LogP contribution in [0.15, 0.2) is 45.7 Å². The Morgan fingerprint density at radius 1 is 1.33 bits per heavy atom. The minimum atomic E-state index is -0.402. The summed E-state index contributed by atoms with van der Waals surface area (Å²) in [5, 5.41) is 10.8.